The Balaban J connectivity index is 1.07. The summed E-state index contributed by atoms with van der Waals surface area (Å²) in [4.78, 5) is 23.6. The SMILES string of the molecule is CC1O[Si]2(CCCNC(=O)COCCOCCOCC(=O)SCc3ccccc3)OCC1O2. The summed E-state index contributed by atoms with van der Waals surface area (Å²) in [7, 11) is -2.47. The van der Waals surface area contributed by atoms with Gasteiger partial charge in [0, 0.05) is 18.3 Å². The number of rotatable bonds is 16. The van der Waals surface area contributed by atoms with E-state index in [1.807, 2.05) is 37.3 Å². The Bertz CT molecular complexity index is 738. The second kappa shape index (κ2) is 14.2. The summed E-state index contributed by atoms with van der Waals surface area (Å²) in [6.45, 7) is 4.56. The lowest BCUT2D eigenvalue weighted by Gasteiger charge is -2.22. The van der Waals surface area contributed by atoms with Crippen molar-refractivity contribution in [3.05, 3.63) is 35.9 Å². The second-order valence-electron chi connectivity index (χ2n) is 7.79. The highest BCUT2D eigenvalue weighted by Crippen LogP contribution is 2.36. The number of amides is 1. The first kappa shape index (κ1) is 26.3. The second-order valence-corrected chi connectivity index (χ2v) is 11.4. The Hall–Kier alpha value is -1.31. The largest absolute Gasteiger partial charge is 0.501 e. The van der Waals surface area contributed by atoms with Crippen LogP contribution >= 0.6 is 11.8 Å². The molecule has 3 unspecified atom stereocenters. The van der Waals surface area contributed by atoms with Crippen molar-refractivity contribution in [3.8, 4) is 0 Å². The van der Waals surface area contributed by atoms with Gasteiger partial charge in [-0.2, -0.15) is 0 Å². The molecule has 2 saturated heterocycles. The lowest BCUT2D eigenvalue weighted by Crippen LogP contribution is -2.41. The van der Waals surface area contributed by atoms with E-state index in [4.69, 9.17) is 27.5 Å². The molecule has 11 heteroatoms. The van der Waals surface area contributed by atoms with Gasteiger partial charge >= 0.3 is 8.80 Å². The van der Waals surface area contributed by atoms with E-state index in [-0.39, 0.29) is 36.4 Å². The molecule has 2 bridgehead atoms. The Labute approximate surface area is 200 Å². The summed E-state index contributed by atoms with van der Waals surface area (Å²) in [5.41, 5.74) is 1.11. The highest BCUT2D eigenvalue weighted by molar-refractivity contribution is 8.13. The fraction of sp³-hybridized carbons (Fsp3) is 0.636. The van der Waals surface area contributed by atoms with E-state index in [2.05, 4.69) is 5.32 Å². The molecule has 0 aliphatic carbocycles. The fourth-order valence-electron chi connectivity index (χ4n) is 3.37. The van der Waals surface area contributed by atoms with Crippen LogP contribution in [0.1, 0.15) is 18.9 Å². The lowest BCUT2D eigenvalue weighted by atomic mass is 10.2. The molecule has 33 heavy (non-hydrogen) atoms. The minimum atomic E-state index is -2.47. The molecule has 0 radical (unpaired) electrons. The third-order valence-corrected chi connectivity index (χ3v) is 8.99. The number of hydrogen-bond donors (Lipinski definition) is 1. The number of nitrogens with one attached hydrogen (secondary N) is 1. The van der Waals surface area contributed by atoms with Crippen molar-refractivity contribution in [2.24, 2.45) is 0 Å². The van der Waals surface area contributed by atoms with Crippen LogP contribution in [0.25, 0.3) is 0 Å². The molecule has 2 fully saturated rings. The van der Waals surface area contributed by atoms with Crippen LogP contribution in [0.4, 0.5) is 0 Å². The molecule has 1 aromatic rings. The number of thioether (sulfide) groups is 1. The van der Waals surface area contributed by atoms with Gasteiger partial charge in [-0.15, -0.1) is 0 Å². The highest BCUT2D eigenvalue weighted by atomic mass is 32.2. The predicted octanol–water partition coefficient (Wildman–Crippen LogP) is 1.78. The Kier molecular flexibility index (Phi) is 11.3. The zero-order chi connectivity index (χ0) is 23.4. The predicted molar refractivity (Wildman–Crippen MR) is 125 cm³/mol. The van der Waals surface area contributed by atoms with Crippen LogP contribution in [0.15, 0.2) is 30.3 Å². The van der Waals surface area contributed by atoms with E-state index in [1.54, 1.807) is 0 Å². The summed E-state index contributed by atoms with van der Waals surface area (Å²) in [6, 6.07) is 10.5. The third-order valence-electron chi connectivity index (χ3n) is 5.11. The van der Waals surface area contributed by atoms with Gasteiger partial charge in [0.05, 0.1) is 45.2 Å². The topological polar surface area (TPSA) is 102 Å². The molecular weight excluding hydrogens is 466 g/mol. The zero-order valence-corrected chi connectivity index (χ0v) is 20.8. The molecule has 3 rings (SSSR count). The van der Waals surface area contributed by atoms with Gasteiger partial charge in [0.2, 0.25) is 11.0 Å². The molecule has 1 N–H and O–H groups in total. The molecule has 0 saturated carbocycles. The van der Waals surface area contributed by atoms with Crippen LogP contribution < -0.4 is 5.32 Å². The van der Waals surface area contributed by atoms with Gasteiger partial charge in [-0.1, -0.05) is 42.1 Å². The standard InChI is InChI=1S/C22H33NO8SSi/c1-18-20-14-29-33(30-18,31-20)13-5-8-23-21(24)15-27-11-9-26-10-12-28-16-22(25)32-17-19-6-3-2-4-7-19/h2-4,6-7,18,20H,5,8-17H2,1H3,(H,23,24). The van der Waals surface area contributed by atoms with Gasteiger partial charge in [-0.25, -0.2) is 0 Å². The summed E-state index contributed by atoms with van der Waals surface area (Å²) in [6.07, 6.45) is 0.918. The maximum atomic E-state index is 11.8. The van der Waals surface area contributed by atoms with Crippen molar-refractivity contribution >= 4 is 31.6 Å². The Morgan fingerprint density at radius 2 is 1.79 bits per heavy atom. The third kappa shape index (κ3) is 9.45. The molecule has 1 amide bonds. The van der Waals surface area contributed by atoms with E-state index in [1.165, 1.54) is 11.8 Å². The molecule has 3 atom stereocenters. The van der Waals surface area contributed by atoms with Gasteiger partial charge in [0.1, 0.15) is 13.2 Å². The van der Waals surface area contributed by atoms with E-state index in [0.29, 0.717) is 51.4 Å². The van der Waals surface area contributed by atoms with Crippen molar-refractivity contribution in [1.82, 2.24) is 5.32 Å². The van der Waals surface area contributed by atoms with Gasteiger partial charge in [-0.3, -0.25) is 9.59 Å². The van der Waals surface area contributed by atoms with Crippen LogP contribution in [0.3, 0.4) is 0 Å². The molecule has 2 aliphatic heterocycles. The average Bonchev–Trinajstić information content (AvgIpc) is 3.38. The molecule has 184 valence electrons. The molecule has 9 nitrogen and oxygen atoms in total. The Morgan fingerprint density at radius 1 is 1.06 bits per heavy atom. The first-order valence-electron chi connectivity index (χ1n) is 11.3. The maximum absolute atomic E-state index is 11.8. The Morgan fingerprint density at radius 3 is 2.48 bits per heavy atom. The molecule has 2 heterocycles. The first-order valence-corrected chi connectivity index (χ1v) is 14.2. The summed E-state index contributed by atoms with van der Waals surface area (Å²) < 4.78 is 33.4. The van der Waals surface area contributed by atoms with E-state index in [9.17, 15) is 9.59 Å². The van der Waals surface area contributed by atoms with Gasteiger partial charge < -0.3 is 32.8 Å². The van der Waals surface area contributed by atoms with Gasteiger partial charge in [0.15, 0.2) is 0 Å². The van der Waals surface area contributed by atoms with E-state index < -0.39 is 8.80 Å². The van der Waals surface area contributed by atoms with Crippen molar-refractivity contribution < 1.29 is 37.1 Å². The quantitative estimate of drug-likeness (QED) is 0.269. The molecular formula is C22H33NO8SSi. The average molecular weight is 500 g/mol. The number of benzene rings is 1. The maximum Gasteiger partial charge on any atom is 0.501 e. The molecule has 0 aromatic heterocycles. The van der Waals surface area contributed by atoms with E-state index in [0.717, 1.165) is 12.0 Å². The monoisotopic (exact) mass is 499 g/mol. The van der Waals surface area contributed by atoms with Crippen LogP contribution in [0, 0.1) is 0 Å². The number of carbonyl (C=O) groups excluding carboxylic acids is 2. The summed E-state index contributed by atoms with van der Waals surface area (Å²) >= 11 is 1.24. The molecule has 0 spiro atoms. The number of hydrogen-bond acceptors (Lipinski definition) is 9. The summed E-state index contributed by atoms with van der Waals surface area (Å²) in [5, 5.41) is 2.81. The smallest absolute Gasteiger partial charge is 0.377 e. The van der Waals surface area contributed by atoms with Crippen LogP contribution in [-0.2, 0) is 42.8 Å². The van der Waals surface area contributed by atoms with Crippen molar-refractivity contribution in [2.75, 3.05) is 52.8 Å². The normalized spacial score (nSPS) is 23.7. The minimum absolute atomic E-state index is 0.00648. The molecule has 1 aromatic carbocycles. The zero-order valence-electron chi connectivity index (χ0n) is 19.0. The van der Waals surface area contributed by atoms with Gasteiger partial charge in [-0.05, 0) is 18.9 Å². The van der Waals surface area contributed by atoms with Gasteiger partial charge in [0.25, 0.3) is 0 Å². The van der Waals surface area contributed by atoms with Crippen molar-refractivity contribution in [1.29, 1.82) is 0 Å². The van der Waals surface area contributed by atoms with Crippen LogP contribution in [-0.4, -0.2) is 84.8 Å². The lowest BCUT2D eigenvalue weighted by molar-refractivity contribution is -0.126. The number of ether oxygens (including phenoxy) is 3. The van der Waals surface area contributed by atoms with Crippen LogP contribution in [0.2, 0.25) is 6.04 Å². The number of carbonyl (C=O) groups is 2. The number of fused-ring (bicyclic) bond motifs is 2. The highest BCUT2D eigenvalue weighted by Gasteiger charge is 2.57. The first-order chi connectivity index (χ1) is 16.1. The van der Waals surface area contributed by atoms with Crippen molar-refractivity contribution in [2.45, 2.75) is 37.3 Å². The summed E-state index contributed by atoms with van der Waals surface area (Å²) in [5.74, 6) is 0.472. The van der Waals surface area contributed by atoms with E-state index >= 15 is 0 Å². The van der Waals surface area contributed by atoms with Crippen LogP contribution in [0.5, 0.6) is 0 Å². The van der Waals surface area contributed by atoms with Crippen molar-refractivity contribution in [3.63, 3.8) is 0 Å². The molecule has 2 aliphatic rings. The fourth-order valence-corrected chi connectivity index (χ4v) is 7.10. The minimum Gasteiger partial charge on any atom is -0.377 e.